The zero-order chi connectivity index (χ0) is 13.7. The molecule has 0 unspecified atom stereocenters. The van der Waals surface area contributed by atoms with Gasteiger partial charge < -0.3 is 15.6 Å². The zero-order valence-electron chi connectivity index (χ0n) is 11.4. The lowest BCUT2D eigenvalue weighted by Gasteiger charge is -2.28. The summed E-state index contributed by atoms with van der Waals surface area (Å²) in [5.41, 5.74) is 5.64. The molecule has 1 aliphatic carbocycles. The first kappa shape index (κ1) is 14.0. The Morgan fingerprint density at radius 1 is 1.47 bits per heavy atom. The number of aromatic nitrogens is 2. The van der Waals surface area contributed by atoms with Crippen molar-refractivity contribution in [1.82, 2.24) is 15.5 Å². The molecule has 0 radical (unpaired) electrons. The number of hydrogen-bond acceptors (Lipinski definition) is 5. The van der Waals surface area contributed by atoms with E-state index in [1.54, 1.807) is 6.92 Å². The van der Waals surface area contributed by atoms with Crippen LogP contribution in [0.3, 0.4) is 0 Å². The summed E-state index contributed by atoms with van der Waals surface area (Å²) in [7, 11) is 0. The number of rotatable bonds is 6. The van der Waals surface area contributed by atoms with Gasteiger partial charge in [0.25, 0.3) is 0 Å². The van der Waals surface area contributed by atoms with E-state index in [2.05, 4.69) is 15.5 Å². The highest BCUT2D eigenvalue weighted by atomic mass is 16.5. The Bertz CT molecular complexity index is 424. The molecule has 106 valence electrons. The molecule has 0 bridgehead atoms. The Hall–Kier alpha value is -1.43. The Morgan fingerprint density at radius 2 is 2.21 bits per heavy atom. The number of nitrogens with two attached hydrogens (primary N) is 1. The number of nitrogens with one attached hydrogen (secondary N) is 1. The Morgan fingerprint density at radius 3 is 2.79 bits per heavy atom. The van der Waals surface area contributed by atoms with Gasteiger partial charge in [-0.05, 0) is 26.2 Å². The van der Waals surface area contributed by atoms with Gasteiger partial charge in [0.2, 0.25) is 11.8 Å². The van der Waals surface area contributed by atoms with Crippen molar-refractivity contribution in [2.45, 2.75) is 57.4 Å². The van der Waals surface area contributed by atoms with Crippen LogP contribution in [0, 0.1) is 6.92 Å². The van der Waals surface area contributed by atoms with Gasteiger partial charge in [-0.2, -0.15) is 4.98 Å². The smallest absolute Gasteiger partial charge is 0.226 e. The quantitative estimate of drug-likeness (QED) is 0.803. The lowest BCUT2D eigenvalue weighted by Crippen LogP contribution is -2.51. The summed E-state index contributed by atoms with van der Waals surface area (Å²) in [4.78, 5) is 16.0. The summed E-state index contributed by atoms with van der Waals surface area (Å²) in [5.74, 6) is 1.30. The van der Waals surface area contributed by atoms with Crippen LogP contribution in [-0.4, -0.2) is 28.1 Å². The maximum absolute atomic E-state index is 11.9. The van der Waals surface area contributed by atoms with Gasteiger partial charge in [0, 0.05) is 19.4 Å². The molecule has 1 aromatic rings. The van der Waals surface area contributed by atoms with E-state index in [1.807, 2.05) is 0 Å². The number of aryl methyl sites for hydroxylation is 2. The van der Waals surface area contributed by atoms with Gasteiger partial charge in [-0.15, -0.1) is 0 Å². The predicted octanol–water partition coefficient (Wildman–Crippen LogP) is 1.09. The fourth-order valence-electron chi connectivity index (χ4n) is 2.63. The van der Waals surface area contributed by atoms with E-state index in [9.17, 15) is 4.79 Å². The van der Waals surface area contributed by atoms with Gasteiger partial charge in [0.15, 0.2) is 5.82 Å². The maximum atomic E-state index is 11.9. The molecule has 1 fully saturated rings. The van der Waals surface area contributed by atoms with Gasteiger partial charge >= 0.3 is 0 Å². The van der Waals surface area contributed by atoms with Crippen molar-refractivity contribution in [3.63, 3.8) is 0 Å². The van der Waals surface area contributed by atoms with E-state index in [0.29, 0.717) is 37.5 Å². The molecule has 0 atom stereocenters. The van der Waals surface area contributed by atoms with Crippen molar-refractivity contribution >= 4 is 5.91 Å². The second-order valence-corrected chi connectivity index (χ2v) is 5.33. The average Bonchev–Trinajstić information content (AvgIpc) is 2.99. The molecule has 0 spiro atoms. The number of amides is 1. The Balaban J connectivity index is 1.72. The summed E-state index contributed by atoms with van der Waals surface area (Å²) in [6.07, 6.45) is 6.13. The first-order valence-electron chi connectivity index (χ1n) is 6.94. The van der Waals surface area contributed by atoms with Crippen molar-refractivity contribution in [1.29, 1.82) is 0 Å². The lowest BCUT2D eigenvalue weighted by atomic mass is 9.97. The van der Waals surface area contributed by atoms with Crippen LogP contribution in [0.25, 0.3) is 0 Å². The number of nitrogens with zero attached hydrogens (tertiary/aromatic N) is 2. The van der Waals surface area contributed by atoms with Crippen molar-refractivity contribution in [2.75, 3.05) is 6.54 Å². The number of carbonyl (C=O) groups is 1. The number of hydrogen-bond donors (Lipinski definition) is 2. The minimum absolute atomic E-state index is 0.0728. The fourth-order valence-corrected chi connectivity index (χ4v) is 2.63. The van der Waals surface area contributed by atoms with E-state index in [0.717, 1.165) is 25.7 Å². The molecule has 1 aliphatic rings. The Labute approximate surface area is 113 Å². The molecule has 1 heterocycles. The van der Waals surface area contributed by atoms with E-state index < -0.39 is 0 Å². The molecule has 0 saturated heterocycles. The van der Waals surface area contributed by atoms with Crippen LogP contribution in [0.4, 0.5) is 0 Å². The fraction of sp³-hybridized carbons (Fsp3) is 0.769. The molecule has 1 aromatic heterocycles. The largest absolute Gasteiger partial charge is 0.349 e. The third kappa shape index (κ3) is 3.76. The molecular weight excluding hydrogens is 244 g/mol. The van der Waals surface area contributed by atoms with Crippen molar-refractivity contribution in [3.8, 4) is 0 Å². The molecule has 3 N–H and O–H groups in total. The van der Waals surface area contributed by atoms with Crippen LogP contribution in [0.1, 0.15) is 50.2 Å². The standard InChI is InChI=1S/C13H22N4O2/c1-10-15-12(19-17-10)6-4-5-11(18)16-13(9-14)7-2-3-8-13/h2-9,14H2,1H3,(H,16,18). The van der Waals surface area contributed by atoms with Crippen LogP contribution < -0.4 is 11.1 Å². The zero-order valence-corrected chi connectivity index (χ0v) is 11.4. The van der Waals surface area contributed by atoms with Crippen molar-refractivity contribution < 1.29 is 9.32 Å². The first-order chi connectivity index (χ1) is 9.13. The van der Waals surface area contributed by atoms with E-state index >= 15 is 0 Å². The van der Waals surface area contributed by atoms with E-state index in [4.69, 9.17) is 10.3 Å². The minimum atomic E-state index is -0.155. The molecule has 6 nitrogen and oxygen atoms in total. The van der Waals surface area contributed by atoms with Gasteiger partial charge in [0.05, 0.1) is 5.54 Å². The predicted molar refractivity (Wildman–Crippen MR) is 70.4 cm³/mol. The molecule has 1 saturated carbocycles. The highest BCUT2D eigenvalue weighted by Crippen LogP contribution is 2.28. The summed E-state index contributed by atoms with van der Waals surface area (Å²) in [6, 6.07) is 0. The van der Waals surface area contributed by atoms with Gasteiger partial charge in [0.1, 0.15) is 0 Å². The number of carbonyl (C=O) groups excluding carboxylic acids is 1. The summed E-state index contributed by atoms with van der Waals surface area (Å²) in [5, 5.41) is 6.82. The molecule has 1 amide bonds. The van der Waals surface area contributed by atoms with Crippen LogP contribution in [0.2, 0.25) is 0 Å². The summed E-state index contributed by atoms with van der Waals surface area (Å²) in [6.45, 7) is 2.31. The second-order valence-electron chi connectivity index (χ2n) is 5.33. The second kappa shape index (κ2) is 6.14. The molecule has 0 aliphatic heterocycles. The van der Waals surface area contributed by atoms with Gasteiger partial charge in [-0.1, -0.05) is 18.0 Å². The Kier molecular flexibility index (Phi) is 4.52. The molecule has 19 heavy (non-hydrogen) atoms. The van der Waals surface area contributed by atoms with Gasteiger partial charge in [-0.3, -0.25) is 4.79 Å². The van der Waals surface area contributed by atoms with Crippen LogP contribution >= 0.6 is 0 Å². The highest BCUT2D eigenvalue weighted by Gasteiger charge is 2.33. The average molecular weight is 266 g/mol. The van der Waals surface area contributed by atoms with Crippen molar-refractivity contribution in [2.24, 2.45) is 5.73 Å². The maximum Gasteiger partial charge on any atom is 0.226 e. The van der Waals surface area contributed by atoms with E-state index in [-0.39, 0.29) is 11.4 Å². The molecule has 0 aromatic carbocycles. The monoisotopic (exact) mass is 266 g/mol. The first-order valence-corrected chi connectivity index (χ1v) is 6.94. The normalized spacial score (nSPS) is 17.6. The van der Waals surface area contributed by atoms with Gasteiger partial charge in [-0.25, -0.2) is 0 Å². The van der Waals surface area contributed by atoms with Crippen LogP contribution in [-0.2, 0) is 11.2 Å². The molecule has 2 rings (SSSR count). The lowest BCUT2D eigenvalue weighted by molar-refractivity contribution is -0.123. The van der Waals surface area contributed by atoms with E-state index in [1.165, 1.54) is 0 Å². The molecule has 6 heteroatoms. The van der Waals surface area contributed by atoms with Crippen LogP contribution in [0.5, 0.6) is 0 Å². The molecular formula is C13H22N4O2. The van der Waals surface area contributed by atoms with Crippen molar-refractivity contribution in [3.05, 3.63) is 11.7 Å². The highest BCUT2D eigenvalue weighted by molar-refractivity contribution is 5.76. The topological polar surface area (TPSA) is 94.0 Å². The minimum Gasteiger partial charge on any atom is -0.349 e. The SMILES string of the molecule is Cc1noc(CCCC(=O)NC2(CN)CCCC2)n1. The summed E-state index contributed by atoms with van der Waals surface area (Å²) >= 11 is 0. The third-order valence-corrected chi connectivity index (χ3v) is 3.72. The van der Waals surface area contributed by atoms with Crippen LogP contribution in [0.15, 0.2) is 4.52 Å². The summed E-state index contributed by atoms with van der Waals surface area (Å²) < 4.78 is 5.01. The third-order valence-electron chi connectivity index (χ3n) is 3.72.